The zero-order valence-electron chi connectivity index (χ0n) is 14.8. The summed E-state index contributed by atoms with van der Waals surface area (Å²) < 4.78 is 10.9. The molecule has 0 bridgehead atoms. The van der Waals surface area contributed by atoms with Crippen LogP contribution in [-0.4, -0.2) is 31.6 Å². The molecule has 0 aliphatic rings. The van der Waals surface area contributed by atoms with Crippen LogP contribution in [0.2, 0.25) is 0 Å². The summed E-state index contributed by atoms with van der Waals surface area (Å²) in [4.78, 5) is 14.1. The molecular weight excluding hydrogens is 302 g/mol. The molecule has 0 fully saturated rings. The minimum Gasteiger partial charge on any atom is -0.493 e. The van der Waals surface area contributed by atoms with E-state index in [0.717, 1.165) is 5.56 Å². The van der Waals surface area contributed by atoms with Crippen molar-refractivity contribution in [3.63, 3.8) is 0 Å². The fraction of sp³-hybridized carbons (Fsp3) is 0.350. The number of ether oxygens (including phenoxy) is 2. The Morgan fingerprint density at radius 3 is 2.33 bits per heavy atom. The summed E-state index contributed by atoms with van der Waals surface area (Å²) in [6.45, 7) is 4.41. The average Bonchev–Trinajstić information content (AvgIpc) is 2.61. The maximum atomic E-state index is 12.4. The average molecular weight is 327 g/mol. The summed E-state index contributed by atoms with van der Waals surface area (Å²) in [6, 6.07) is 15.7. The van der Waals surface area contributed by atoms with Crippen LogP contribution in [0, 0.1) is 6.92 Å². The van der Waals surface area contributed by atoms with Gasteiger partial charge in [-0.2, -0.15) is 0 Å². The third kappa shape index (κ3) is 4.51. The van der Waals surface area contributed by atoms with Gasteiger partial charge in [0.05, 0.1) is 26.2 Å². The molecule has 0 aromatic heterocycles. The minimum atomic E-state index is 0.0318. The van der Waals surface area contributed by atoms with Crippen molar-refractivity contribution in [1.82, 2.24) is 4.90 Å². The van der Waals surface area contributed by atoms with E-state index in [1.54, 1.807) is 12.0 Å². The second-order valence-electron chi connectivity index (χ2n) is 5.84. The summed E-state index contributed by atoms with van der Waals surface area (Å²) in [5.41, 5.74) is 2.34. The van der Waals surface area contributed by atoms with Crippen LogP contribution in [0.25, 0.3) is 0 Å². The van der Waals surface area contributed by atoms with Crippen molar-refractivity contribution >= 4 is 5.91 Å². The highest BCUT2D eigenvalue weighted by Gasteiger charge is 2.17. The van der Waals surface area contributed by atoms with Gasteiger partial charge in [0.1, 0.15) is 0 Å². The second-order valence-corrected chi connectivity index (χ2v) is 5.84. The lowest BCUT2D eigenvalue weighted by Gasteiger charge is -2.25. The van der Waals surface area contributed by atoms with E-state index < -0.39 is 0 Å². The Labute approximate surface area is 144 Å². The van der Waals surface area contributed by atoms with Gasteiger partial charge in [-0.15, -0.1) is 0 Å². The van der Waals surface area contributed by atoms with E-state index in [1.165, 1.54) is 5.56 Å². The fourth-order valence-corrected chi connectivity index (χ4v) is 2.45. The van der Waals surface area contributed by atoms with Gasteiger partial charge in [-0.25, -0.2) is 0 Å². The second kappa shape index (κ2) is 8.39. The first-order valence-electron chi connectivity index (χ1n) is 8.11. The van der Waals surface area contributed by atoms with Gasteiger partial charge in [0, 0.05) is 7.05 Å². The highest BCUT2D eigenvalue weighted by Crippen LogP contribution is 2.26. The summed E-state index contributed by atoms with van der Waals surface area (Å²) in [5, 5.41) is 0. The van der Waals surface area contributed by atoms with Crippen LogP contribution >= 0.6 is 0 Å². The van der Waals surface area contributed by atoms with Gasteiger partial charge in [-0.1, -0.05) is 42.0 Å². The van der Waals surface area contributed by atoms with Crippen molar-refractivity contribution < 1.29 is 14.3 Å². The molecule has 1 unspecified atom stereocenters. The first-order valence-corrected chi connectivity index (χ1v) is 8.11. The number of hydrogen-bond acceptors (Lipinski definition) is 3. The van der Waals surface area contributed by atoms with E-state index in [2.05, 4.69) is 31.2 Å². The molecule has 1 amide bonds. The van der Waals surface area contributed by atoms with Crippen LogP contribution in [0.15, 0.2) is 48.5 Å². The molecule has 4 heteroatoms. The summed E-state index contributed by atoms with van der Waals surface area (Å²) in [5.74, 6) is 1.38. The number of benzene rings is 2. The van der Waals surface area contributed by atoms with E-state index in [1.807, 2.05) is 38.2 Å². The van der Waals surface area contributed by atoms with Crippen LogP contribution in [0.4, 0.5) is 0 Å². The highest BCUT2D eigenvalue weighted by atomic mass is 16.5. The van der Waals surface area contributed by atoms with Gasteiger partial charge < -0.3 is 14.4 Å². The van der Waals surface area contributed by atoms with Gasteiger partial charge in [-0.05, 0) is 31.5 Å². The Morgan fingerprint density at radius 2 is 1.71 bits per heavy atom. The van der Waals surface area contributed by atoms with Crippen molar-refractivity contribution in [3.05, 3.63) is 59.7 Å². The van der Waals surface area contributed by atoms with Gasteiger partial charge in [0.15, 0.2) is 11.5 Å². The SMILES string of the molecule is COc1ccccc1OCCC(=O)N(C)C(C)c1ccc(C)cc1. The number of hydrogen-bond donors (Lipinski definition) is 0. The smallest absolute Gasteiger partial charge is 0.226 e. The molecule has 4 nitrogen and oxygen atoms in total. The number of amides is 1. The quantitative estimate of drug-likeness (QED) is 0.772. The summed E-state index contributed by atoms with van der Waals surface area (Å²) in [6.07, 6.45) is 0.324. The van der Waals surface area contributed by atoms with Gasteiger partial charge in [0.2, 0.25) is 5.91 Å². The number of rotatable bonds is 7. The molecule has 0 spiro atoms. The molecule has 0 saturated heterocycles. The number of carbonyl (C=O) groups excluding carboxylic acids is 1. The predicted molar refractivity (Wildman–Crippen MR) is 95.5 cm³/mol. The molecule has 0 heterocycles. The lowest BCUT2D eigenvalue weighted by Crippen LogP contribution is -2.30. The number of carbonyl (C=O) groups is 1. The first-order chi connectivity index (χ1) is 11.5. The monoisotopic (exact) mass is 327 g/mol. The van der Waals surface area contributed by atoms with Crippen LogP contribution in [0.5, 0.6) is 11.5 Å². The molecule has 2 aromatic rings. The molecule has 128 valence electrons. The van der Waals surface area contributed by atoms with E-state index in [9.17, 15) is 4.79 Å². The lowest BCUT2D eigenvalue weighted by atomic mass is 10.1. The zero-order valence-corrected chi connectivity index (χ0v) is 14.8. The molecular formula is C20H25NO3. The molecule has 24 heavy (non-hydrogen) atoms. The summed E-state index contributed by atoms with van der Waals surface area (Å²) >= 11 is 0. The molecule has 0 N–H and O–H groups in total. The molecule has 2 rings (SSSR count). The Hall–Kier alpha value is -2.49. The van der Waals surface area contributed by atoms with E-state index in [4.69, 9.17) is 9.47 Å². The fourth-order valence-electron chi connectivity index (χ4n) is 2.45. The van der Waals surface area contributed by atoms with Gasteiger partial charge in [-0.3, -0.25) is 4.79 Å². The normalized spacial score (nSPS) is 11.7. The largest absolute Gasteiger partial charge is 0.493 e. The number of methoxy groups -OCH3 is 1. The Bertz CT molecular complexity index is 667. The third-order valence-corrected chi connectivity index (χ3v) is 4.18. The lowest BCUT2D eigenvalue weighted by molar-refractivity contribution is -0.132. The minimum absolute atomic E-state index is 0.0318. The van der Waals surface area contributed by atoms with E-state index >= 15 is 0 Å². The van der Waals surface area contributed by atoms with E-state index in [0.29, 0.717) is 24.5 Å². The molecule has 0 aliphatic carbocycles. The summed E-state index contributed by atoms with van der Waals surface area (Å²) in [7, 11) is 3.43. The standard InChI is InChI=1S/C20H25NO3/c1-15-9-11-17(12-10-15)16(2)21(3)20(22)13-14-24-19-8-6-5-7-18(19)23-4/h5-12,16H,13-14H2,1-4H3. The van der Waals surface area contributed by atoms with Crippen LogP contribution in [0.1, 0.15) is 30.5 Å². The number of aryl methyl sites for hydroxylation is 1. The zero-order chi connectivity index (χ0) is 17.5. The first kappa shape index (κ1) is 17.9. The maximum Gasteiger partial charge on any atom is 0.226 e. The van der Waals surface area contributed by atoms with Crippen molar-refractivity contribution in [2.24, 2.45) is 0 Å². The molecule has 2 aromatic carbocycles. The third-order valence-electron chi connectivity index (χ3n) is 4.18. The van der Waals surface area contributed by atoms with Crippen molar-refractivity contribution in [2.75, 3.05) is 20.8 Å². The molecule has 1 atom stereocenters. The van der Waals surface area contributed by atoms with Crippen LogP contribution < -0.4 is 9.47 Å². The predicted octanol–water partition coefficient (Wildman–Crippen LogP) is 3.99. The molecule has 0 saturated carbocycles. The van der Waals surface area contributed by atoms with Crippen molar-refractivity contribution in [2.45, 2.75) is 26.3 Å². The van der Waals surface area contributed by atoms with Gasteiger partial charge in [0.25, 0.3) is 0 Å². The van der Waals surface area contributed by atoms with E-state index in [-0.39, 0.29) is 11.9 Å². The van der Waals surface area contributed by atoms with Crippen LogP contribution in [0.3, 0.4) is 0 Å². The number of nitrogens with zero attached hydrogens (tertiary/aromatic N) is 1. The van der Waals surface area contributed by atoms with Gasteiger partial charge >= 0.3 is 0 Å². The maximum absolute atomic E-state index is 12.4. The Morgan fingerprint density at radius 1 is 1.08 bits per heavy atom. The number of para-hydroxylation sites is 2. The Kier molecular flexibility index (Phi) is 6.24. The highest BCUT2D eigenvalue weighted by molar-refractivity contribution is 5.76. The molecule has 0 aliphatic heterocycles. The molecule has 0 radical (unpaired) electrons. The van der Waals surface area contributed by atoms with Crippen molar-refractivity contribution in [3.8, 4) is 11.5 Å². The topological polar surface area (TPSA) is 38.8 Å². The Balaban J connectivity index is 1.88. The van der Waals surface area contributed by atoms with Crippen LogP contribution in [-0.2, 0) is 4.79 Å². The van der Waals surface area contributed by atoms with Crippen molar-refractivity contribution in [1.29, 1.82) is 0 Å².